The molecule has 5 heteroatoms. The highest BCUT2D eigenvalue weighted by Crippen LogP contribution is 2.17. The topological polar surface area (TPSA) is 54.2 Å². The molecule has 2 heterocycles. The number of hydrogen-bond donors (Lipinski definition) is 1. The quantitative estimate of drug-likeness (QED) is 0.829. The van der Waals surface area contributed by atoms with Crippen molar-refractivity contribution in [3.05, 3.63) is 11.7 Å². The van der Waals surface area contributed by atoms with Crippen molar-refractivity contribution in [2.45, 2.75) is 46.6 Å². The van der Waals surface area contributed by atoms with Crippen LogP contribution in [0.2, 0.25) is 0 Å². The fraction of sp³-hybridized carbons (Fsp3) is 0.867. The molecule has 1 unspecified atom stereocenters. The molecular weight excluding hydrogens is 252 g/mol. The first-order valence-corrected chi connectivity index (χ1v) is 7.92. The number of aromatic nitrogens is 2. The Bertz CT molecular complexity index is 391. The Morgan fingerprint density at radius 3 is 3.00 bits per heavy atom. The highest BCUT2D eigenvalue weighted by atomic mass is 16.5. The van der Waals surface area contributed by atoms with Crippen LogP contribution < -0.4 is 5.32 Å². The Hall–Kier alpha value is -0.940. The van der Waals surface area contributed by atoms with Crippen molar-refractivity contribution in [2.75, 3.05) is 26.2 Å². The second kappa shape index (κ2) is 7.74. The van der Waals surface area contributed by atoms with Gasteiger partial charge in [0.1, 0.15) is 0 Å². The lowest BCUT2D eigenvalue weighted by Gasteiger charge is -2.32. The maximum absolute atomic E-state index is 5.17. The average Bonchev–Trinajstić information content (AvgIpc) is 2.86. The molecule has 1 saturated heterocycles. The van der Waals surface area contributed by atoms with Crippen LogP contribution in [0.15, 0.2) is 4.52 Å². The van der Waals surface area contributed by atoms with Crippen molar-refractivity contribution in [2.24, 2.45) is 11.8 Å². The van der Waals surface area contributed by atoms with E-state index in [1.165, 1.54) is 12.8 Å². The van der Waals surface area contributed by atoms with Crippen LogP contribution in [0.3, 0.4) is 0 Å². The monoisotopic (exact) mass is 280 g/mol. The molecule has 0 saturated carbocycles. The van der Waals surface area contributed by atoms with Gasteiger partial charge in [0.15, 0.2) is 5.82 Å². The number of piperidine rings is 1. The van der Waals surface area contributed by atoms with Crippen molar-refractivity contribution >= 4 is 0 Å². The zero-order chi connectivity index (χ0) is 14.4. The van der Waals surface area contributed by atoms with Gasteiger partial charge >= 0.3 is 0 Å². The molecule has 0 amide bonds. The van der Waals surface area contributed by atoms with Crippen LogP contribution in [0.5, 0.6) is 0 Å². The van der Waals surface area contributed by atoms with Gasteiger partial charge in [-0.25, -0.2) is 0 Å². The van der Waals surface area contributed by atoms with Crippen molar-refractivity contribution in [1.82, 2.24) is 20.4 Å². The SMILES string of the molecule is CCc1nc(CN2CCCC(CNCC(C)C)C2)no1. The van der Waals surface area contributed by atoms with Crippen molar-refractivity contribution in [3.63, 3.8) is 0 Å². The van der Waals surface area contributed by atoms with Crippen LogP contribution in [-0.2, 0) is 13.0 Å². The van der Waals surface area contributed by atoms with Gasteiger partial charge in [0.05, 0.1) is 6.54 Å². The molecular formula is C15H28N4O. The summed E-state index contributed by atoms with van der Waals surface area (Å²) in [5.74, 6) is 3.05. The van der Waals surface area contributed by atoms with E-state index in [4.69, 9.17) is 4.52 Å². The van der Waals surface area contributed by atoms with Crippen molar-refractivity contribution in [1.29, 1.82) is 0 Å². The molecule has 1 aromatic rings. The highest BCUT2D eigenvalue weighted by molar-refractivity contribution is 4.87. The third-order valence-electron chi connectivity index (χ3n) is 3.77. The number of aryl methyl sites for hydroxylation is 1. The molecule has 1 aliphatic rings. The molecule has 5 nitrogen and oxygen atoms in total. The Morgan fingerprint density at radius 2 is 2.30 bits per heavy atom. The van der Waals surface area contributed by atoms with Gasteiger partial charge in [-0.2, -0.15) is 4.98 Å². The summed E-state index contributed by atoms with van der Waals surface area (Å²) in [5.41, 5.74) is 0. The molecule has 2 rings (SSSR count). The molecule has 0 spiro atoms. The van der Waals surface area contributed by atoms with Crippen LogP contribution >= 0.6 is 0 Å². The maximum Gasteiger partial charge on any atom is 0.226 e. The summed E-state index contributed by atoms with van der Waals surface area (Å²) in [6.45, 7) is 11.9. The summed E-state index contributed by atoms with van der Waals surface area (Å²) < 4.78 is 5.17. The smallest absolute Gasteiger partial charge is 0.226 e. The van der Waals surface area contributed by atoms with Crippen LogP contribution in [-0.4, -0.2) is 41.2 Å². The molecule has 1 aromatic heterocycles. The zero-order valence-corrected chi connectivity index (χ0v) is 13.1. The minimum atomic E-state index is 0.724. The lowest BCUT2D eigenvalue weighted by Crippen LogP contribution is -2.40. The number of nitrogens with one attached hydrogen (secondary N) is 1. The standard InChI is InChI=1S/C15H28N4O/c1-4-15-17-14(18-20-15)11-19-7-5-6-13(10-19)9-16-8-12(2)3/h12-13,16H,4-11H2,1-3H3. The van der Waals surface area contributed by atoms with E-state index in [0.717, 1.165) is 62.7 Å². The van der Waals surface area contributed by atoms with Crippen LogP contribution in [0, 0.1) is 11.8 Å². The highest BCUT2D eigenvalue weighted by Gasteiger charge is 2.21. The molecule has 0 aromatic carbocycles. The summed E-state index contributed by atoms with van der Waals surface area (Å²) in [5, 5.41) is 7.62. The summed E-state index contributed by atoms with van der Waals surface area (Å²) >= 11 is 0. The average molecular weight is 280 g/mol. The predicted octanol–water partition coefficient (Wildman–Crippen LogP) is 2.09. The molecule has 0 bridgehead atoms. The van der Waals surface area contributed by atoms with Gasteiger partial charge in [0.2, 0.25) is 5.89 Å². The molecule has 20 heavy (non-hydrogen) atoms. The molecule has 114 valence electrons. The molecule has 1 N–H and O–H groups in total. The molecule has 0 radical (unpaired) electrons. The minimum absolute atomic E-state index is 0.724. The van der Waals surface area contributed by atoms with Gasteiger partial charge in [-0.1, -0.05) is 25.9 Å². The fourth-order valence-corrected chi connectivity index (χ4v) is 2.74. The largest absolute Gasteiger partial charge is 0.339 e. The van der Waals surface area contributed by atoms with Crippen molar-refractivity contribution in [3.8, 4) is 0 Å². The summed E-state index contributed by atoms with van der Waals surface area (Å²) in [6.07, 6.45) is 3.41. The number of hydrogen-bond acceptors (Lipinski definition) is 5. The lowest BCUT2D eigenvalue weighted by molar-refractivity contribution is 0.160. The van der Waals surface area contributed by atoms with Crippen LogP contribution in [0.25, 0.3) is 0 Å². The second-order valence-corrected chi connectivity index (χ2v) is 6.25. The third kappa shape index (κ3) is 4.87. The second-order valence-electron chi connectivity index (χ2n) is 6.25. The van der Waals surface area contributed by atoms with E-state index in [-0.39, 0.29) is 0 Å². The molecule has 0 aliphatic carbocycles. The molecule has 1 atom stereocenters. The number of rotatable bonds is 7. The normalized spacial score (nSPS) is 20.7. The fourth-order valence-electron chi connectivity index (χ4n) is 2.74. The van der Waals surface area contributed by atoms with E-state index < -0.39 is 0 Å². The first-order chi connectivity index (χ1) is 9.67. The van der Waals surface area contributed by atoms with Gasteiger partial charge in [-0.15, -0.1) is 0 Å². The summed E-state index contributed by atoms with van der Waals surface area (Å²) in [4.78, 5) is 6.85. The van der Waals surface area contributed by atoms with E-state index in [9.17, 15) is 0 Å². The predicted molar refractivity (Wildman–Crippen MR) is 79.4 cm³/mol. The van der Waals surface area contributed by atoms with Gasteiger partial charge in [-0.3, -0.25) is 4.90 Å². The van der Waals surface area contributed by atoms with Gasteiger partial charge in [0, 0.05) is 13.0 Å². The lowest BCUT2D eigenvalue weighted by atomic mass is 9.98. The van der Waals surface area contributed by atoms with E-state index in [1.807, 2.05) is 6.92 Å². The molecule has 1 aliphatic heterocycles. The summed E-state index contributed by atoms with van der Waals surface area (Å²) in [6, 6.07) is 0. The first-order valence-electron chi connectivity index (χ1n) is 7.92. The maximum atomic E-state index is 5.17. The Labute approximate surface area is 122 Å². The Kier molecular flexibility index (Phi) is 5.98. The number of likely N-dealkylation sites (tertiary alicyclic amines) is 1. The van der Waals surface area contributed by atoms with E-state index in [0.29, 0.717) is 0 Å². The summed E-state index contributed by atoms with van der Waals surface area (Å²) in [7, 11) is 0. The number of nitrogens with zero attached hydrogens (tertiary/aromatic N) is 3. The van der Waals surface area contributed by atoms with Crippen LogP contribution in [0.4, 0.5) is 0 Å². The molecule has 1 fully saturated rings. The first kappa shape index (κ1) is 15.4. The zero-order valence-electron chi connectivity index (χ0n) is 13.1. The van der Waals surface area contributed by atoms with E-state index in [2.05, 4.69) is 34.2 Å². The van der Waals surface area contributed by atoms with Gasteiger partial charge < -0.3 is 9.84 Å². The third-order valence-corrected chi connectivity index (χ3v) is 3.77. The van der Waals surface area contributed by atoms with Crippen molar-refractivity contribution < 1.29 is 4.52 Å². The van der Waals surface area contributed by atoms with Gasteiger partial charge in [0.25, 0.3) is 0 Å². The van der Waals surface area contributed by atoms with Crippen LogP contribution in [0.1, 0.15) is 45.3 Å². The minimum Gasteiger partial charge on any atom is -0.339 e. The van der Waals surface area contributed by atoms with E-state index >= 15 is 0 Å². The van der Waals surface area contributed by atoms with E-state index in [1.54, 1.807) is 0 Å². The Morgan fingerprint density at radius 1 is 1.45 bits per heavy atom. The van der Waals surface area contributed by atoms with Gasteiger partial charge in [-0.05, 0) is 44.3 Å². The Balaban J connectivity index is 1.75.